The summed E-state index contributed by atoms with van der Waals surface area (Å²) in [4.78, 5) is 21.3. The molecular formula is C11H11Cl2NO4. The minimum Gasteiger partial charge on any atom is -0.481 e. The molecule has 1 aromatic rings. The normalized spacial score (nSPS) is 12.1. The second-order valence-electron chi connectivity index (χ2n) is 3.62. The minimum atomic E-state index is -1.21. The monoisotopic (exact) mass is 291 g/mol. The number of nitrogens with one attached hydrogen (secondary N) is 1. The zero-order valence-electron chi connectivity index (χ0n) is 9.19. The smallest absolute Gasteiger partial charge is 0.321 e. The van der Waals surface area contributed by atoms with Gasteiger partial charge in [-0.15, -0.1) is 0 Å². The summed E-state index contributed by atoms with van der Waals surface area (Å²) in [6.45, 7) is 0.196. The summed E-state index contributed by atoms with van der Waals surface area (Å²) in [5, 5.41) is 20.8. The number of rotatable bonds is 6. The van der Waals surface area contributed by atoms with E-state index in [1.807, 2.05) is 0 Å². The third kappa shape index (κ3) is 4.52. The molecule has 0 radical (unpaired) electrons. The van der Waals surface area contributed by atoms with E-state index < -0.39 is 24.4 Å². The van der Waals surface area contributed by atoms with Gasteiger partial charge >= 0.3 is 11.9 Å². The highest BCUT2D eigenvalue weighted by atomic mass is 35.5. The van der Waals surface area contributed by atoms with Gasteiger partial charge in [-0.05, 0) is 17.7 Å². The van der Waals surface area contributed by atoms with Crippen molar-refractivity contribution in [3.8, 4) is 0 Å². The first kappa shape index (κ1) is 14.8. The standard InChI is InChI=1S/C11H11Cl2NO4/c12-7-2-1-6(3-8(7)13)5-14-9(11(17)18)4-10(15)16/h1-3,9,14H,4-5H2,(H,15,16)(H,17,18). The summed E-state index contributed by atoms with van der Waals surface area (Å²) >= 11 is 11.5. The van der Waals surface area contributed by atoms with E-state index in [9.17, 15) is 9.59 Å². The van der Waals surface area contributed by atoms with Gasteiger partial charge in [-0.2, -0.15) is 0 Å². The van der Waals surface area contributed by atoms with Crippen molar-refractivity contribution in [2.45, 2.75) is 19.0 Å². The Kier molecular flexibility index (Phi) is 5.40. The molecule has 7 heteroatoms. The lowest BCUT2D eigenvalue weighted by molar-refractivity contribution is -0.146. The Balaban J connectivity index is 2.64. The Bertz CT molecular complexity index is 464. The van der Waals surface area contributed by atoms with Crippen molar-refractivity contribution in [2.24, 2.45) is 0 Å². The zero-order chi connectivity index (χ0) is 13.7. The molecule has 1 rings (SSSR count). The number of carboxylic acids is 2. The first-order valence-electron chi connectivity index (χ1n) is 5.02. The first-order valence-corrected chi connectivity index (χ1v) is 5.77. The SMILES string of the molecule is O=C(O)CC(NCc1ccc(Cl)c(Cl)c1)C(=O)O. The molecule has 0 heterocycles. The average Bonchev–Trinajstić information content (AvgIpc) is 2.28. The number of hydrogen-bond acceptors (Lipinski definition) is 3. The lowest BCUT2D eigenvalue weighted by Gasteiger charge is -2.12. The van der Waals surface area contributed by atoms with Gasteiger partial charge in [-0.25, -0.2) is 0 Å². The Morgan fingerprint density at radius 2 is 1.89 bits per heavy atom. The maximum Gasteiger partial charge on any atom is 0.321 e. The van der Waals surface area contributed by atoms with Gasteiger partial charge in [0.1, 0.15) is 6.04 Å². The van der Waals surface area contributed by atoms with E-state index in [2.05, 4.69) is 5.32 Å². The molecular weight excluding hydrogens is 281 g/mol. The van der Waals surface area contributed by atoms with E-state index in [0.717, 1.165) is 5.56 Å². The number of carboxylic acid groups (broad SMARTS) is 2. The van der Waals surface area contributed by atoms with E-state index in [1.165, 1.54) is 0 Å². The average molecular weight is 292 g/mol. The molecule has 1 aromatic carbocycles. The highest BCUT2D eigenvalue weighted by molar-refractivity contribution is 6.42. The van der Waals surface area contributed by atoms with Crippen molar-refractivity contribution in [3.63, 3.8) is 0 Å². The van der Waals surface area contributed by atoms with Crippen molar-refractivity contribution in [3.05, 3.63) is 33.8 Å². The largest absolute Gasteiger partial charge is 0.481 e. The number of halogens is 2. The molecule has 0 aliphatic carbocycles. The lowest BCUT2D eigenvalue weighted by atomic mass is 10.1. The van der Waals surface area contributed by atoms with Crippen LogP contribution in [0.3, 0.4) is 0 Å². The van der Waals surface area contributed by atoms with Crippen LogP contribution in [0.25, 0.3) is 0 Å². The zero-order valence-corrected chi connectivity index (χ0v) is 10.7. The summed E-state index contributed by atoms with van der Waals surface area (Å²) in [5.41, 5.74) is 0.723. The fraction of sp³-hybridized carbons (Fsp3) is 0.273. The maximum atomic E-state index is 10.8. The van der Waals surface area contributed by atoms with Crippen LogP contribution in [-0.4, -0.2) is 28.2 Å². The van der Waals surface area contributed by atoms with Gasteiger partial charge in [0.25, 0.3) is 0 Å². The Morgan fingerprint density at radius 3 is 2.39 bits per heavy atom. The Hall–Kier alpha value is -1.30. The molecule has 0 fully saturated rings. The predicted octanol–water partition coefficient (Wildman–Crippen LogP) is 2.01. The van der Waals surface area contributed by atoms with Crippen LogP contribution in [0.5, 0.6) is 0 Å². The van der Waals surface area contributed by atoms with Crippen LogP contribution in [0.2, 0.25) is 10.0 Å². The summed E-state index contributed by atoms with van der Waals surface area (Å²) in [6.07, 6.45) is -0.489. The van der Waals surface area contributed by atoms with Crippen molar-refractivity contribution in [2.75, 3.05) is 0 Å². The maximum absolute atomic E-state index is 10.8. The van der Waals surface area contributed by atoms with E-state index in [4.69, 9.17) is 33.4 Å². The molecule has 0 spiro atoms. The number of hydrogen-bond donors (Lipinski definition) is 3. The van der Waals surface area contributed by atoms with Crippen LogP contribution in [0.15, 0.2) is 18.2 Å². The lowest BCUT2D eigenvalue weighted by Crippen LogP contribution is -2.38. The number of carbonyl (C=O) groups is 2. The second-order valence-corrected chi connectivity index (χ2v) is 4.43. The van der Waals surface area contributed by atoms with Gasteiger partial charge in [-0.1, -0.05) is 29.3 Å². The molecule has 0 saturated carbocycles. The van der Waals surface area contributed by atoms with Crippen LogP contribution in [0.1, 0.15) is 12.0 Å². The molecule has 0 aliphatic rings. The third-order valence-corrected chi connectivity index (χ3v) is 2.95. The van der Waals surface area contributed by atoms with Crippen molar-refractivity contribution < 1.29 is 19.8 Å². The van der Waals surface area contributed by atoms with Gasteiger partial charge in [0.05, 0.1) is 16.5 Å². The van der Waals surface area contributed by atoms with Crippen LogP contribution in [-0.2, 0) is 16.1 Å². The van der Waals surface area contributed by atoms with E-state index in [-0.39, 0.29) is 6.54 Å². The van der Waals surface area contributed by atoms with Gasteiger partial charge in [0, 0.05) is 6.54 Å². The van der Waals surface area contributed by atoms with Gasteiger partial charge < -0.3 is 10.2 Å². The molecule has 5 nitrogen and oxygen atoms in total. The highest BCUT2D eigenvalue weighted by Gasteiger charge is 2.20. The van der Waals surface area contributed by atoms with E-state index in [1.54, 1.807) is 18.2 Å². The molecule has 0 amide bonds. The van der Waals surface area contributed by atoms with Gasteiger partial charge in [0.2, 0.25) is 0 Å². The van der Waals surface area contributed by atoms with E-state index in [0.29, 0.717) is 10.0 Å². The minimum absolute atomic E-state index is 0.196. The molecule has 0 aromatic heterocycles. The summed E-state index contributed by atoms with van der Waals surface area (Å²) < 4.78 is 0. The third-order valence-electron chi connectivity index (χ3n) is 2.21. The predicted molar refractivity (Wildman–Crippen MR) is 67.0 cm³/mol. The molecule has 0 bridgehead atoms. The van der Waals surface area contributed by atoms with E-state index >= 15 is 0 Å². The van der Waals surface area contributed by atoms with Gasteiger partial charge in [-0.3, -0.25) is 14.9 Å². The van der Waals surface area contributed by atoms with Crippen molar-refractivity contribution in [1.82, 2.24) is 5.32 Å². The first-order chi connectivity index (χ1) is 8.40. The van der Waals surface area contributed by atoms with Crippen molar-refractivity contribution >= 4 is 35.1 Å². The second kappa shape index (κ2) is 6.58. The molecule has 0 aliphatic heterocycles. The molecule has 98 valence electrons. The van der Waals surface area contributed by atoms with Crippen molar-refractivity contribution in [1.29, 1.82) is 0 Å². The summed E-state index contributed by atoms with van der Waals surface area (Å²) in [6, 6.07) is 3.72. The fourth-order valence-corrected chi connectivity index (χ4v) is 1.63. The molecule has 1 atom stereocenters. The quantitative estimate of drug-likeness (QED) is 0.746. The summed E-state index contributed by atoms with van der Waals surface area (Å²) in [7, 11) is 0. The van der Waals surface area contributed by atoms with Crippen LogP contribution < -0.4 is 5.32 Å². The Morgan fingerprint density at radius 1 is 1.22 bits per heavy atom. The number of aliphatic carboxylic acids is 2. The van der Waals surface area contributed by atoms with Crippen LogP contribution in [0.4, 0.5) is 0 Å². The number of benzene rings is 1. The van der Waals surface area contributed by atoms with Crippen LogP contribution in [0, 0.1) is 0 Å². The molecule has 0 saturated heterocycles. The summed E-state index contributed by atoms with van der Waals surface area (Å²) in [5.74, 6) is -2.39. The molecule has 18 heavy (non-hydrogen) atoms. The molecule has 3 N–H and O–H groups in total. The molecule has 1 unspecified atom stereocenters. The highest BCUT2D eigenvalue weighted by Crippen LogP contribution is 2.22. The van der Waals surface area contributed by atoms with Crippen LogP contribution >= 0.6 is 23.2 Å². The van der Waals surface area contributed by atoms with Gasteiger partial charge in [0.15, 0.2) is 0 Å². The Labute approximate surface area is 113 Å². The fourth-order valence-electron chi connectivity index (χ4n) is 1.31. The topological polar surface area (TPSA) is 86.6 Å².